The quantitative estimate of drug-likeness (QED) is 0.453. The molecule has 0 spiro atoms. The fourth-order valence-electron chi connectivity index (χ4n) is 2.36. The van der Waals surface area contributed by atoms with E-state index in [1.54, 1.807) is 29.8 Å². The summed E-state index contributed by atoms with van der Waals surface area (Å²) in [4.78, 5) is 25.1. The van der Waals surface area contributed by atoms with Gasteiger partial charge in [0.05, 0.1) is 22.9 Å². The summed E-state index contributed by atoms with van der Waals surface area (Å²) in [6.45, 7) is 3.86. The van der Waals surface area contributed by atoms with Crippen LogP contribution in [-0.4, -0.2) is 32.3 Å². The molecule has 0 aliphatic heterocycles. The standard InChI is InChI=1S/C15H14N4O4/c1-3-23-15(20)13-8-12-9(2)17-18(14(12)16-13)10-4-6-11(7-5-10)19(21)22/h4-8,16H,3H2,1-2H3. The lowest BCUT2D eigenvalue weighted by Crippen LogP contribution is -2.05. The van der Waals surface area contributed by atoms with Crippen LogP contribution >= 0.6 is 0 Å². The maximum absolute atomic E-state index is 11.8. The van der Waals surface area contributed by atoms with Crippen molar-refractivity contribution < 1.29 is 14.5 Å². The second-order valence-electron chi connectivity index (χ2n) is 4.94. The molecule has 8 heteroatoms. The van der Waals surface area contributed by atoms with Gasteiger partial charge in [0.25, 0.3) is 5.69 Å². The third kappa shape index (κ3) is 2.54. The van der Waals surface area contributed by atoms with Gasteiger partial charge in [-0.25, -0.2) is 9.48 Å². The molecule has 0 unspecified atom stereocenters. The first-order valence-electron chi connectivity index (χ1n) is 7.01. The van der Waals surface area contributed by atoms with Crippen LogP contribution in [0.2, 0.25) is 0 Å². The minimum Gasteiger partial charge on any atom is -0.461 e. The summed E-state index contributed by atoms with van der Waals surface area (Å²) in [6.07, 6.45) is 0. The van der Waals surface area contributed by atoms with Gasteiger partial charge in [0.2, 0.25) is 0 Å². The number of nitro groups is 1. The number of aromatic amines is 1. The Labute approximate surface area is 130 Å². The predicted molar refractivity (Wildman–Crippen MR) is 82.8 cm³/mol. The number of non-ortho nitro benzene ring substituents is 1. The van der Waals surface area contributed by atoms with E-state index in [9.17, 15) is 14.9 Å². The number of nitrogens with one attached hydrogen (secondary N) is 1. The number of H-pyrrole nitrogens is 1. The molecule has 23 heavy (non-hydrogen) atoms. The van der Waals surface area contributed by atoms with Crippen molar-refractivity contribution in [1.82, 2.24) is 14.8 Å². The van der Waals surface area contributed by atoms with Crippen molar-refractivity contribution in [3.05, 3.63) is 51.8 Å². The lowest BCUT2D eigenvalue weighted by molar-refractivity contribution is -0.384. The first-order chi connectivity index (χ1) is 11.0. The van der Waals surface area contributed by atoms with Gasteiger partial charge in [-0.3, -0.25) is 10.1 Å². The van der Waals surface area contributed by atoms with E-state index in [4.69, 9.17) is 4.74 Å². The molecule has 0 fully saturated rings. The van der Waals surface area contributed by atoms with Crippen LogP contribution in [-0.2, 0) is 4.74 Å². The lowest BCUT2D eigenvalue weighted by atomic mass is 10.3. The van der Waals surface area contributed by atoms with E-state index in [0.717, 1.165) is 11.1 Å². The Hall–Kier alpha value is -3.16. The number of hydrogen-bond donors (Lipinski definition) is 1. The molecule has 0 saturated carbocycles. The summed E-state index contributed by atoms with van der Waals surface area (Å²) < 4.78 is 6.59. The fourth-order valence-corrected chi connectivity index (χ4v) is 2.36. The topological polar surface area (TPSA) is 103 Å². The molecule has 0 bridgehead atoms. The van der Waals surface area contributed by atoms with Gasteiger partial charge < -0.3 is 9.72 Å². The summed E-state index contributed by atoms with van der Waals surface area (Å²) in [6, 6.07) is 7.72. The third-order valence-electron chi connectivity index (χ3n) is 3.45. The number of aromatic nitrogens is 3. The average molecular weight is 314 g/mol. The summed E-state index contributed by atoms with van der Waals surface area (Å²) >= 11 is 0. The Morgan fingerprint density at radius 1 is 1.39 bits per heavy atom. The summed E-state index contributed by atoms with van der Waals surface area (Å²) in [7, 11) is 0. The predicted octanol–water partition coefficient (Wildman–Crippen LogP) is 2.75. The van der Waals surface area contributed by atoms with Crippen molar-refractivity contribution in [3.63, 3.8) is 0 Å². The molecule has 118 valence electrons. The van der Waals surface area contributed by atoms with E-state index in [1.807, 2.05) is 6.92 Å². The van der Waals surface area contributed by atoms with Crippen LogP contribution < -0.4 is 0 Å². The minimum atomic E-state index is -0.457. The van der Waals surface area contributed by atoms with Crippen molar-refractivity contribution >= 4 is 22.7 Å². The van der Waals surface area contributed by atoms with Gasteiger partial charge in [0.1, 0.15) is 11.3 Å². The maximum atomic E-state index is 11.8. The van der Waals surface area contributed by atoms with Crippen molar-refractivity contribution in [2.75, 3.05) is 6.61 Å². The first kappa shape index (κ1) is 14.8. The van der Waals surface area contributed by atoms with Crippen LogP contribution in [0, 0.1) is 17.0 Å². The van der Waals surface area contributed by atoms with Crippen LogP contribution in [0.4, 0.5) is 5.69 Å². The molecule has 0 aliphatic carbocycles. The van der Waals surface area contributed by atoms with Crippen molar-refractivity contribution in [1.29, 1.82) is 0 Å². The van der Waals surface area contributed by atoms with Crippen LogP contribution in [0.15, 0.2) is 30.3 Å². The molecule has 1 N–H and O–H groups in total. The van der Waals surface area contributed by atoms with Gasteiger partial charge in [-0.15, -0.1) is 0 Å². The highest BCUT2D eigenvalue weighted by molar-refractivity contribution is 5.95. The normalized spacial score (nSPS) is 10.9. The number of nitrogens with zero attached hydrogens (tertiary/aromatic N) is 3. The second kappa shape index (κ2) is 5.56. The molecule has 2 heterocycles. The first-order valence-corrected chi connectivity index (χ1v) is 7.01. The monoisotopic (exact) mass is 314 g/mol. The highest BCUT2D eigenvalue weighted by Crippen LogP contribution is 2.24. The van der Waals surface area contributed by atoms with Crippen molar-refractivity contribution in [3.8, 4) is 5.69 Å². The van der Waals surface area contributed by atoms with Crippen LogP contribution in [0.1, 0.15) is 23.1 Å². The van der Waals surface area contributed by atoms with E-state index >= 15 is 0 Å². The van der Waals surface area contributed by atoms with E-state index in [0.29, 0.717) is 23.6 Å². The van der Waals surface area contributed by atoms with E-state index < -0.39 is 10.9 Å². The van der Waals surface area contributed by atoms with E-state index in [-0.39, 0.29) is 5.69 Å². The SMILES string of the molecule is CCOC(=O)c1cc2c(C)nn(-c3ccc([N+](=O)[O-])cc3)c2[nH]1. The van der Waals surface area contributed by atoms with Gasteiger partial charge in [0.15, 0.2) is 0 Å². The largest absolute Gasteiger partial charge is 0.461 e. The highest BCUT2D eigenvalue weighted by Gasteiger charge is 2.17. The van der Waals surface area contributed by atoms with Crippen LogP contribution in [0.3, 0.4) is 0 Å². The Morgan fingerprint density at radius 2 is 2.09 bits per heavy atom. The number of benzene rings is 1. The number of nitro benzene ring substituents is 1. The lowest BCUT2D eigenvalue weighted by Gasteiger charge is -2.02. The smallest absolute Gasteiger partial charge is 0.354 e. The van der Waals surface area contributed by atoms with E-state index in [1.165, 1.54) is 12.1 Å². The van der Waals surface area contributed by atoms with Crippen molar-refractivity contribution in [2.24, 2.45) is 0 Å². The molecule has 0 saturated heterocycles. The van der Waals surface area contributed by atoms with Gasteiger partial charge in [-0.1, -0.05) is 0 Å². The van der Waals surface area contributed by atoms with Gasteiger partial charge in [-0.05, 0) is 32.0 Å². The molecule has 1 aromatic carbocycles. The summed E-state index contributed by atoms with van der Waals surface area (Å²) in [5, 5.41) is 15.9. The molecule has 0 aliphatic rings. The molecule has 3 rings (SSSR count). The number of aryl methyl sites for hydroxylation is 1. The fraction of sp³-hybridized carbons (Fsp3) is 0.200. The number of carbonyl (C=O) groups is 1. The maximum Gasteiger partial charge on any atom is 0.354 e. The average Bonchev–Trinajstić information content (AvgIpc) is 3.09. The Morgan fingerprint density at radius 3 is 2.70 bits per heavy atom. The molecule has 0 radical (unpaired) electrons. The Bertz CT molecular complexity index is 892. The number of esters is 1. The van der Waals surface area contributed by atoms with Crippen LogP contribution in [0.25, 0.3) is 16.7 Å². The highest BCUT2D eigenvalue weighted by atomic mass is 16.6. The van der Waals surface area contributed by atoms with Crippen molar-refractivity contribution in [2.45, 2.75) is 13.8 Å². The van der Waals surface area contributed by atoms with Gasteiger partial charge >= 0.3 is 5.97 Å². The zero-order chi connectivity index (χ0) is 16.6. The Balaban J connectivity index is 2.07. The zero-order valence-corrected chi connectivity index (χ0v) is 12.6. The zero-order valence-electron chi connectivity index (χ0n) is 12.6. The summed E-state index contributed by atoms with van der Waals surface area (Å²) in [5.74, 6) is -0.432. The molecular weight excluding hydrogens is 300 g/mol. The molecule has 8 nitrogen and oxygen atoms in total. The van der Waals surface area contributed by atoms with Gasteiger partial charge in [0, 0.05) is 17.5 Å². The molecular formula is C15H14N4O4. The number of hydrogen-bond acceptors (Lipinski definition) is 5. The number of ether oxygens (including phenoxy) is 1. The molecule has 2 aromatic heterocycles. The third-order valence-corrected chi connectivity index (χ3v) is 3.45. The van der Waals surface area contributed by atoms with Crippen LogP contribution in [0.5, 0.6) is 0 Å². The Kier molecular flexibility index (Phi) is 3.57. The second-order valence-corrected chi connectivity index (χ2v) is 4.94. The van der Waals surface area contributed by atoms with E-state index in [2.05, 4.69) is 10.1 Å². The molecule has 0 amide bonds. The molecule has 3 aromatic rings. The number of carbonyl (C=O) groups excluding carboxylic acids is 1. The number of fused-ring (bicyclic) bond motifs is 1. The summed E-state index contributed by atoms with van der Waals surface area (Å²) in [5.41, 5.74) is 2.39. The number of rotatable bonds is 4. The van der Waals surface area contributed by atoms with Gasteiger partial charge in [-0.2, -0.15) is 5.10 Å². The minimum absolute atomic E-state index is 0.00701. The molecule has 0 atom stereocenters.